The molecule has 3 heteroatoms. The van der Waals surface area contributed by atoms with E-state index in [2.05, 4.69) is 17.6 Å². The van der Waals surface area contributed by atoms with Crippen molar-refractivity contribution in [2.45, 2.75) is 25.8 Å². The summed E-state index contributed by atoms with van der Waals surface area (Å²) < 4.78 is 13.4. The van der Waals surface area contributed by atoms with Crippen LogP contribution in [0.5, 0.6) is 0 Å². The average molecular weight is 194 g/mol. The van der Waals surface area contributed by atoms with Crippen LogP contribution >= 0.6 is 0 Å². The van der Waals surface area contributed by atoms with Crippen LogP contribution in [0.15, 0.2) is 18.2 Å². The Hall–Kier alpha value is -1.25. The summed E-state index contributed by atoms with van der Waals surface area (Å²) in [6.07, 6.45) is 2.10. The van der Waals surface area contributed by atoms with Crippen molar-refractivity contribution < 1.29 is 4.39 Å². The first kappa shape index (κ1) is 9.31. The molecule has 1 unspecified atom stereocenters. The highest BCUT2D eigenvalue weighted by molar-refractivity contribution is 5.70. The summed E-state index contributed by atoms with van der Waals surface area (Å²) in [5.41, 5.74) is 1.50. The van der Waals surface area contributed by atoms with Crippen molar-refractivity contribution in [2.24, 2.45) is 0 Å². The molecule has 1 aliphatic rings. The Labute approximate surface area is 83.5 Å². The van der Waals surface area contributed by atoms with E-state index in [0.29, 0.717) is 11.7 Å². The fourth-order valence-electron chi connectivity index (χ4n) is 1.79. The molecule has 0 aliphatic carbocycles. The monoisotopic (exact) mass is 194 g/mol. The number of hydrogen-bond donors (Lipinski definition) is 2. The molecule has 1 atom stereocenters. The number of nitrogens with one attached hydrogen (secondary N) is 2. The van der Waals surface area contributed by atoms with E-state index in [-0.39, 0.29) is 5.82 Å². The minimum atomic E-state index is -0.174. The predicted molar refractivity (Wildman–Crippen MR) is 57.2 cm³/mol. The fourth-order valence-corrected chi connectivity index (χ4v) is 1.79. The van der Waals surface area contributed by atoms with Crippen molar-refractivity contribution in [3.8, 4) is 0 Å². The number of benzene rings is 1. The number of fused-ring (bicyclic) bond motifs is 1. The summed E-state index contributed by atoms with van der Waals surface area (Å²) >= 11 is 0. The molecule has 1 heterocycles. The molecule has 2 rings (SSSR count). The molecule has 0 fully saturated rings. The van der Waals surface area contributed by atoms with Gasteiger partial charge in [-0.1, -0.05) is 13.0 Å². The van der Waals surface area contributed by atoms with Gasteiger partial charge in [-0.05, 0) is 25.0 Å². The summed E-state index contributed by atoms with van der Waals surface area (Å²) in [4.78, 5) is 0. The van der Waals surface area contributed by atoms with Crippen LogP contribution in [-0.2, 0) is 0 Å². The lowest BCUT2D eigenvalue weighted by molar-refractivity contribution is 0.630. The van der Waals surface area contributed by atoms with Gasteiger partial charge in [-0.25, -0.2) is 4.39 Å². The Morgan fingerprint density at radius 3 is 3.14 bits per heavy atom. The van der Waals surface area contributed by atoms with Gasteiger partial charge < -0.3 is 10.6 Å². The summed E-state index contributed by atoms with van der Waals surface area (Å²) in [7, 11) is 0. The SMILES string of the molecule is CCC1CCNc2c(F)cccc2N1. The number of rotatable bonds is 1. The van der Waals surface area contributed by atoms with Crippen molar-refractivity contribution in [1.29, 1.82) is 0 Å². The minimum absolute atomic E-state index is 0.174. The van der Waals surface area contributed by atoms with Crippen molar-refractivity contribution in [2.75, 3.05) is 17.2 Å². The van der Waals surface area contributed by atoms with Crippen LogP contribution in [0.4, 0.5) is 15.8 Å². The summed E-state index contributed by atoms with van der Waals surface area (Å²) in [6, 6.07) is 5.59. The van der Waals surface area contributed by atoms with E-state index in [1.807, 2.05) is 6.07 Å². The van der Waals surface area contributed by atoms with Gasteiger partial charge in [0.25, 0.3) is 0 Å². The molecule has 0 saturated heterocycles. The van der Waals surface area contributed by atoms with Crippen LogP contribution in [-0.4, -0.2) is 12.6 Å². The zero-order valence-electron chi connectivity index (χ0n) is 8.31. The Kier molecular flexibility index (Phi) is 2.57. The Morgan fingerprint density at radius 1 is 1.50 bits per heavy atom. The van der Waals surface area contributed by atoms with Crippen LogP contribution in [0.3, 0.4) is 0 Å². The summed E-state index contributed by atoms with van der Waals surface area (Å²) in [5, 5.41) is 6.47. The van der Waals surface area contributed by atoms with Crippen molar-refractivity contribution in [3.05, 3.63) is 24.0 Å². The van der Waals surface area contributed by atoms with E-state index >= 15 is 0 Å². The molecule has 1 aromatic rings. The molecule has 0 saturated carbocycles. The standard InChI is InChI=1S/C11H15FN2/c1-2-8-6-7-13-11-9(12)4-3-5-10(11)14-8/h3-5,8,13-14H,2,6-7H2,1H3. The lowest BCUT2D eigenvalue weighted by Crippen LogP contribution is -2.18. The maximum Gasteiger partial charge on any atom is 0.148 e. The molecular formula is C11H15FN2. The fraction of sp³-hybridized carbons (Fsp3) is 0.455. The van der Waals surface area contributed by atoms with Crippen molar-refractivity contribution in [3.63, 3.8) is 0 Å². The molecular weight excluding hydrogens is 179 g/mol. The number of halogens is 1. The molecule has 0 spiro atoms. The highest BCUT2D eigenvalue weighted by atomic mass is 19.1. The first-order valence-corrected chi connectivity index (χ1v) is 5.10. The third-order valence-electron chi connectivity index (χ3n) is 2.66. The molecule has 2 nitrogen and oxygen atoms in total. The zero-order valence-corrected chi connectivity index (χ0v) is 8.31. The van der Waals surface area contributed by atoms with Crippen LogP contribution in [0.2, 0.25) is 0 Å². The smallest absolute Gasteiger partial charge is 0.148 e. The molecule has 14 heavy (non-hydrogen) atoms. The van der Waals surface area contributed by atoms with Crippen LogP contribution in [0.25, 0.3) is 0 Å². The van der Waals surface area contributed by atoms with Gasteiger partial charge in [-0.2, -0.15) is 0 Å². The Bertz CT molecular complexity index is 325. The minimum Gasteiger partial charge on any atom is -0.381 e. The lowest BCUT2D eigenvalue weighted by Gasteiger charge is -2.14. The van der Waals surface area contributed by atoms with E-state index < -0.39 is 0 Å². The highest BCUT2D eigenvalue weighted by Crippen LogP contribution is 2.28. The number of hydrogen-bond acceptors (Lipinski definition) is 2. The zero-order chi connectivity index (χ0) is 9.97. The highest BCUT2D eigenvalue weighted by Gasteiger charge is 2.15. The molecule has 76 valence electrons. The molecule has 0 radical (unpaired) electrons. The number of anilines is 2. The third kappa shape index (κ3) is 1.67. The normalized spacial score (nSPS) is 20.3. The Morgan fingerprint density at radius 2 is 2.36 bits per heavy atom. The van der Waals surface area contributed by atoms with E-state index in [1.165, 1.54) is 6.07 Å². The van der Waals surface area contributed by atoms with Crippen molar-refractivity contribution >= 4 is 11.4 Å². The Balaban J connectivity index is 2.32. The maximum atomic E-state index is 13.4. The lowest BCUT2D eigenvalue weighted by atomic mass is 10.1. The third-order valence-corrected chi connectivity index (χ3v) is 2.66. The van der Waals surface area contributed by atoms with Gasteiger partial charge >= 0.3 is 0 Å². The second-order valence-electron chi connectivity index (χ2n) is 3.63. The van der Waals surface area contributed by atoms with Crippen LogP contribution in [0, 0.1) is 5.82 Å². The topological polar surface area (TPSA) is 24.1 Å². The van der Waals surface area contributed by atoms with Gasteiger partial charge in [0.05, 0.1) is 11.4 Å². The molecule has 0 aromatic heterocycles. The van der Waals surface area contributed by atoms with Crippen molar-refractivity contribution in [1.82, 2.24) is 0 Å². The molecule has 0 amide bonds. The molecule has 1 aliphatic heterocycles. The summed E-state index contributed by atoms with van der Waals surface area (Å²) in [6.45, 7) is 2.97. The largest absolute Gasteiger partial charge is 0.381 e. The second-order valence-corrected chi connectivity index (χ2v) is 3.63. The van der Waals surface area contributed by atoms with Gasteiger partial charge in [0, 0.05) is 12.6 Å². The van der Waals surface area contributed by atoms with E-state index in [9.17, 15) is 4.39 Å². The van der Waals surface area contributed by atoms with Gasteiger partial charge in [0.15, 0.2) is 0 Å². The average Bonchev–Trinajstić information content (AvgIpc) is 2.40. The predicted octanol–water partition coefficient (Wildman–Crippen LogP) is 2.83. The van der Waals surface area contributed by atoms with E-state index in [0.717, 1.165) is 25.1 Å². The molecule has 2 N–H and O–H groups in total. The maximum absolute atomic E-state index is 13.4. The van der Waals surface area contributed by atoms with E-state index in [4.69, 9.17) is 0 Å². The second kappa shape index (κ2) is 3.86. The van der Waals surface area contributed by atoms with Gasteiger partial charge in [-0.15, -0.1) is 0 Å². The van der Waals surface area contributed by atoms with Crippen LogP contribution < -0.4 is 10.6 Å². The van der Waals surface area contributed by atoms with Gasteiger partial charge in [0.1, 0.15) is 5.82 Å². The first-order chi connectivity index (χ1) is 6.81. The molecule has 1 aromatic carbocycles. The van der Waals surface area contributed by atoms with Crippen LogP contribution in [0.1, 0.15) is 19.8 Å². The molecule has 0 bridgehead atoms. The van der Waals surface area contributed by atoms with Gasteiger partial charge in [-0.3, -0.25) is 0 Å². The first-order valence-electron chi connectivity index (χ1n) is 5.10. The van der Waals surface area contributed by atoms with E-state index in [1.54, 1.807) is 6.07 Å². The quantitative estimate of drug-likeness (QED) is 0.718. The number of para-hydroxylation sites is 1. The summed E-state index contributed by atoms with van der Waals surface area (Å²) in [5.74, 6) is -0.174. The van der Waals surface area contributed by atoms with Gasteiger partial charge in [0.2, 0.25) is 0 Å².